The van der Waals surface area contributed by atoms with Crippen LogP contribution >= 0.6 is 0 Å². The maximum Gasteiger partial charge on any atom is 0.240 e. The van der Waals surface area contributed by atoms with Crippen molar-refractivity contribution in [3.05, 3.63) is 0 Å². The molecule has 0 atom stereocenters. The third kappa shape index (κ3) is 5.02. The summed E-state index contributed by atoms with van der Waals surface area (Å²) >= 11 is 0. The van der Waals surface area contributed by atoms with Crippen molar-refractivity contribution in [3.63, 3.8) is 0 Å². The molecule has 0 spiro atoms. The van der Waals surface area contributed by atoms with Crippen LogP contribution < -0.4 is 11.1 Å². The van der Waals surface area contributed by atoms with E-state index in [0.29, 0.717) is 39.2 Å². The Balaban J connectivity index is 2.15. The van der Waals surface area contributed by atoms with E-state index in [4.69, 9.17) is 15.2 Å². The molecule has 1 saturated heterocycles. The minimum Gasteiger partial charge on any atom is -0.381 e. The zero-order valence-electron chi connectivity index (χ0n) is 10.8. The highest BCUT2D eigenvalue weighted by molar-refractivity contribution is 5.86. The van der Waals surface area contributed by atoms with Gasteiger partial charge in [0.25, 0.3) is 0 Å². The van der Waals surface area contributed by atoms with Gasteiger partial charge in [-0.25, -0.2) is 0 Å². The highest BCUT2D eigenvalue weighted by Crippen LogP contribution is 2.17. The van der Waals surface area contributed by atoms with Gasteiger partial charge in [0.2, 0.25) is 5.91 Å². The summed E-state index contributed by atoms with van der Waals surface area (Å²) in [6, 6.07) is 0. The molecule has 1 amide bonds. The van der Waals surface area contributed by atoms with Crippen LogP contribution in [0.5, 0.6) is 0 Å². The molecule has 5 nitrogen and oxygen atoms in total. The molecule has 0 bridgehead atoms. The summed E-state index contributed by atoms with van der Waals surface area (Å²) in [7, 11) is 0. The first kappa shape index (κ1) is 14.4. The summed E-state index contributed by atoms with van der Waals surface area (Å²) in [5, 5.41) is 2.87. The van der Waals surface area contributed by atoms with Gasteiger partial charge >= 0.3 is 0 Å². The lowest BCUT2D eigenvalue weighted by Crippen LogP contribution is -2.57. The Morgan fingerprint density at radius 1 is 1.47 bits per heavy atom. The van der Waals surface area contributed by atoms with Crippen LogP contribution in [0.25, 0.3) is 0 Å². The summed E-state index contributed by atoms with van der Waals surface area (Å²) < 4.78 is 10.6. The minimum atomic E-state index is -0.739. The molecule has 1 heterocycles. The molecule has 1 aliphatic heterocycles. The molecule has 0 saturated carbocycles. The second kappa shape index (κ2) is 6.93. The first-order chi connectivity index (χ1) is 8.04. The molecule has 0 aromatic rings. The fourth-order valence-corrected chi connectivity index (χ4v) is 1.73. The van der Waals surface area contributed by atoms with Crippen LogP contribution in [-0.2, 0) is 14.3 Å². The third-order valence-corrected chi connectivity index (χ3v) is 2.90. The monoisotopic (exact) mass is 244 g/mol. The van der Waals surface area contributed by atoms with E-state index in [9.17, 15) is 4.79 Å². The maximum atomic E-state index is 11.9. The number of hydrogen-bond donors (Lipinski definition) is 2. The van der Waals surface area contributed by atoms with Crippen LogP contribution in [0.2, 0.25) is 0 Å². The van der Waals surface area contributed by atoms with E-state index in [-0.39, 0.29) is 12.0 Å². The molecule has 0 radical (unpaired) electrons. The van der Waals surface area contributed by atoms with Crippen molar-refractivity contribution in [2.45, 2.75) is 44.8 Å². The Bertz CT molecular complexity index is 238. The van der Waals surface area contributed by atoms with Crippen molar-refractivity contribution >= 4 is 5.91 Å². The van der Waals surface area contributed by atoms with Gasteiger partial charge in [0.15, 0.2) is 0 Å². The topological polar surface area (TPSA) is 73.6 Å². The van der Waals surface area contributed by atoms with Gasteiger partial charge in [-0.3, -0.25) is 4.79 Å². The van der Waals surface area contributed by atoms with Crippen LogP contribution in [0.15, 0.2) is 0 Å². The van der Waals surface area contributed by atoms with Crippen molar-refractivity contribution in [1.82, 2.24) is 5.32 Å². The van der Waals surface area contributed by atoms with Gasteiger partial charge in [0.05, 0.1) is 11.6 Å². The Morgan fingerprint density at radius 2 is 2.12 bits per heavy atom. The molecular formula is C12H24N2O3. The number of nitrogens with two attached hydrogens (primary N) is 1. The molecule has 17 heavy (non-hydrogen) atoms. The summed E-state index contributed by atoms with van der Waals surface area (Å²) in [5.41, 5.74) is 5.30. The largest absolute Gasteiger partial charge is 0.381 e. The molecule has 1 fully saturated rings. The second-order valence-corrected chi connectivity index (χ2v) is 4.80. The highest BCUT2D eigenvalue weighted by Gasteiger charge is 2.35. The number of carbonyl (C=O) groups excluding carboxylic acids is 1. The quantitative estimate of drug-likeness (QED) is 0.664. The smallest absolute Gasteiger partial charge is 0.240 e. The van der Waals surface area contributed by atoms with Gasteiger partial charge in [0.1, 0.15) is 0 Å². The van der Waals surface area contributed by atoms with Crippen LogP contribution in [0, 0.1) is 0 Å². The van der Waals surface area contributed by atoms with E-state index in [1.165, 1.54) is 0 Å². The number of carbonyl (C=O) groups is 1. The fraction of sp³-hybridized carbons (Fsp3) is 0.917. The van der Waals surface area contributed by atoms with Crippen LogP contribution in [0.1, 0.15) is 33.1 Å². The predicted molar refractivity (Wildman–Crippen MR) is 65.7 cm³/mol. The van der Waals surface area contributed by atoms with E-state index in [1.54, 1.807) is 0 Å². The van der Waals surface area contributed by atoms with Gasteiger partial charge in [-0.05, 0) is 33.1 Å². The number of hydrogen-bond acceptors (Lipinski definition) is 4. The average Bonchev–Trinajstić information content (AvgIpc) is 2.29. The van der Waals surface area contributed by atoms with Crippen LogP contribution in [0.3, 0.4) is 0 Å². The van der Waals surface area contributed by atoms with E-state index in [0.717, 1.165) is 6.42 Å². The summed E-state index contributed by atoms with van der Waals surface area (Å²) in [6.45, 7) is 6.41. The summed E-state index contributed by atoms with van der Waals surface area (Å²) in [6.07, 6.45) is 2.25. The molecule has 1 aliphatic rings. The van der Waals surface area contributed by atoms with Crippen molar-refractivity contribution in [3.8, 4) is 0 Å². The first-order valence-corrected chi connectivity index (χ1v) is 6.31. The van der Waals surface area contributed by atoms with E-state index >= 15 is 0 Å². The minimum absolute atomic E-state index is 0.0645. The zero-order valence-corrected chi connectivity index (χ0v) is 10.8. The van der Waals surface area contributed by atoms with Crippen LogP contribution in [0.4, 0.5) is 0 Å². The Labute approximate surface area is 103 Å². The SMILES string of the molecule is CC(C)OCCCNC(=O)C1(N)CCOCC1. The summed E-state index contributed by atoms with van der Waals surface area (Å²) in [5.74, 6) is -0.0645. The van der Waals surface area contributed by atoms with E-state index in [1.807, 2.05) is 13.8 Å². The fourth-order valence-electron chi connectivity index (χ4n) is 1.73. The van der Waals surface area contributed by atoms with Crippen LogP contribution in [-0.4, -0.2) is 43.9 Å². The molecule has 5 heteroatoms. The van der Waals surface area contributed by atoms with Gasteiger partial charge in [-0.2, -0.15) is 0 Å². The molecular weight excluding hydrogens is 220 g/mol. The lowest BCUT2D eigenvalue weighted by molar-refractivity contribution is -0.129. The standard InChI is InChI=1S/C12H24N2O3/c1-10(2)17-7-3-6-14-11(15)12(13)4-8-16-9-5-12/h10H,3-9,13H2,1-2H3,(H,14,15). The van der Waals surface area contributed by atoms with E-state index < -0.39 is 5.54 Å². The van der Waals surface area contributed by atoms with Gasteiger partial charge in [-0.15, -0.1) is 0 Å². The molecule has 1 rings (SSSR count). The zero-order chi connectivity index (χ0) is 12.7. The van der Waals surface area contributed by atoms with E-state index in [2.05, 4.69) is 5.32 Å². The van der Waals surface area contributed by atoms with Crippen molar-refractivity contribution in [2.24, 2.45) is 5.73 Å². The predicted octanol–water partition coefficient (Wildman–Crippen LogP) is 0.426. The second-order valence-electron chi connectivity index (χ2n) is 4.80. The molecule has 0 aromatic carbocycles. The Hall–Kier alpha value is -0.650. The lowest BCUT2D eigenvalue weighted by Gasteiger charge is -2.31. The van der Waals surface area contributed by atoms with Gasteiger partial charge < -0.3 is 20.5 Å². The number of rotatable bonds is 6. The molecule has 0 unspecified atom stereocenters. The first-order valence-electron chi connectivity index (χ1n) is 6.31. The van der Waals surface area contributed by atoms with Crippen molar-refractivity contribution in [1.29, 1.82) is 0 Å². The Morgan fingerprint density at radius 3 is 2.71 bits per heavy atom. The Kier molecular flexibility index (Phi) is 5.88. The molecule has 3 N–H and O–H groups in total. The highest BCUT2D eigenvalue weighted by atomic mass is 16.5. The lowest BCUT2D eigenvalue weighted by atomic mass is 9.90. The number of nitrogens with one attached hydrogen (secondary N) is 1. The summed E-state index contributed by atoms with van der Waals surface area (Å²) in [4.78, 5) is 11.9. The normalized spacial score (nSPS) is 19.3. The molecule has 0 aromatic heterocycles. The maximum absolute atomic E-state index is 11.9. The van der Waals surface area contributed by atoms with Gasteiger partial charge in [0, 0.05) is 26.4 Å². The molecule has 0 aliphatic carbocycles. The third-order valence-electron chi connectivity index (χ3n) is 2.90. The van der Waals surface area contributed by atoms with Gasteiger partial charge in [-0.1, -0.05) is 0 Å². The number of amides is 1. The number of ether oxygens (including phenoxy) is 2. The average molecular weight is 244 g/mol. The van der Waals surface area contributed by atoms with Crippen molar-refractivity contribution < 1.29 is 14.3 Å². The molecule has 100 valence electrons. The van der Waals surface area contributed by atoms with Crippen molar-refractivity contribution in [2.75, 3.05) is 26.4 Å².